The van der Waals surface area contributed by atoms with Crippen LogP contribution in [0.15, 0.2) is 73.3 Å². The lowest BCUT2D eigenvalue weighted by Crippen LogP contribution is -2.48. The zero-order valence-corrected chi connectivity index (χ0v) is 27.5. The molecule has 46 heavy (non-hydrogen) atoms. The van der Waals surface area contributed by atoms with Gasteiger partial charge in [0.1, 0.15) is 17.0 Å². The summed E-state index contributed by atoms with van der Waals surface area (Å²) in [7, 11) is 0. The van der Waals surface area contributed by atoms with Gasteiger partial charge in [-0.2, -0.15) is 0 Å². The van der Waals surface area contributed by atoms with Crippen molar-refractivity contribution in [3.05, 3.63) is 90.3 Å². The summed E-state index contributed by atoms with van der Waals surface area (Å²) in [5, 5.41) is 6.10. The van der Waals surface area contributed by atoms with Crippen molar-refractivity contribution >= 4 is 17.7 Å². The molecule has 2 aromatic carbocycles. The monoisotopic (exact) mass is 624 g/mol. The highest BCUT2D eigenvalue weighted by Crippen LogP contribution is 2.25. The van der Waals surface area contributed by atoms with Crippen LogP contribution >= 0.6 is 0 Å². The largest absolute Gasteiger partial charge is 0.491 e. The minimum atomic E-state index is -0.545. The lowest BCUT2D eigenvalue weighted by Gasteiger charge is -2.33. The molecular formula is C36H44N6O4. The first-order valence-corrected chi connectivity index (χ1v) is 15.8. The van der Waals surface area contributed by atoms with Crippen LogP contribution in [-0.2, 0) is 11.3 Å². The molecule has 1 aliphatic heterocycles. The third-order valence-electron chi connectivity index (χ3n) is 7.43. The van der Waals surface area contributed by atoms with Crippen molar-refractivity contribution in [2.24, 2.45) is 0 Å². The molecule has 1 aliphatic rings. The molecule has 4 aromatic rings. The number of hydrogen-bond acceptors (Lipinski definition) is 7. The summed E-state index contributed by atoms with van der Waals surface area (Å²) >= 11 is 0. The maximum Gasteiger partial charge on any atom is 0.407 e. The molecule has 3 heterocycles. The molecule has 1 fully saturated rings. The predicted octanol–water partition coefficient (Wildman–Crippen LogP) is 6.77. The van der Waals surface area contributed by atoms with Gasteiger partial charge in [0, 0.05) is 42.9 Å². The average Bonchev–Trinajstić information content (AvgIpc) is 3.42. The Morgan fingerprint density at radius 2 is 1.80 bits per heavy atom. The third-order valence-corrected chi connectivity index (χ3v) is 7.43. The van der Waals surface area contributed by atoms with Crippen LogP contribution in [0.5, 0.6) is 5.75 Å². The molecule has 2 amide bonds. The molecule has 0 bridgehead atoms. The van der Waals surface area contributed by atoms with Crippen molar-refractivity contribution < 1.29 is 19.1 Å². The smallest absolute Gasteiger partial charge is 0.407 e. The average molecular weight is 625 g/mol. The van der Waals surface area contributed by atoms with Crippen molar-refractivity contribution in [2.75, 3.05) is 18.4 Å². The first-order chi connectivity index (χ1) is 21.9. The zero-order chi connectivity index (χ0) is 32.8. The van der Waals surface area contributed by atoms with Crippen molar-refractivity contribution in [3.63, 3.8) is 0 Å². The van der Waals surface area contributed by atoms with Gasteiger partial charge in [0.25, 0.3) is 5.91 Å². The van der Waals surface area contributed by atoms with E-state index in [4.69, 9.17) is 9.47 Å². The number of pyridine rings is 1. The molecule has 10 nitrogen and oxygen atoms in total. The highest BCUT2D eigenvalue weighted by Gasteiger charge is 2.24. The Morgan fingerprint density at radius 1 is 1.02 bits per heavy atom. The molecule has 0 radical (unpaired) electrons. The fraction of sp³-hybridized carbons (Fsp3) is 0.389. The van der Waals surface area contributed by atoms with Crippen molar-refractivity contribution in [1.29, 1.82) is 0 Å². The van der Waals surface area contributed by atoms with E-state index in [-0.39, 0.29) is 18.1 Å². The van der Waals surface area contributed by atoms with Crippen LogP contribution in [0.3, 0.4) is 0 Å². The van der Waals surface area contributed by atoms with Gasteiger partial charge in [-0.25, -0.2) is 9.78 Å². The quantitative estimate of drug-likeness (QED) is 0.211. The Balaban J connectivity index is 1.32. The number of nitrogens with zero attached hydrogens (tertiary/aromatic N) is 4. The molecule has 1 atom stereocenters. The van der Waals surface area contributed by atoms with Gasteiger partial charge in [0.2, 0.25) is 0 Å². The van der Waals surface area contributed by atoms with Gasteiger partial charge < -0.3 is 24.7 Å². The minimum absolute atomic E-state index is 0.000426. The third kappa shape index (κ3) is 9.17. The van der Waals surface area contributed by atoms with E-state index in [0.29, 0.717) is 24.5 Å². The van der Waals surface area contributed by atoms with Crippen molar-refractivity contribution in [2.45, 2.75) is 78.7 Å². The van der Waals surface area contributed by atoms with Gasteiger partial charge in [-0.3, -0.25) is 14.7 Å². The van der Waals surface area contributed by atoms with Gasteiger partial charge in [-0.05, 0) is 120 Å². The molecule has 10 heteroatoms. The molecule has 2 aromatic heterocycles. The molecule has 1 saturated heterocycles. The van der Waals surface area contributed by atoms with Gasteiger partial charge in [0.05, 0.1) is 18.1 Å². The number of nitrogens with one attached hydrogen (secondary N) is 2. The van der Waals surface area contributed by atoms with Gasteiger partial charge in [-0.15, -0.1) is 0 Å². The Morgan fingerprint density at radius 3 is 2.50 bits per heavy atom. The first kappa shape index (κ1) is 32.7. The number of likely N-dealkylation sites (tertiary alicyclic amines) is 1. The van der Waals surface area contributed by atoms with Gasteiger partial charge in [0.15, 0.2) is 0 Å². The van der Waals surface area contributed by atoms with E-state index < -0.39 is 11.7 Å². The van der Waals surface area contributed by atoms with Crippen LogP contribution in [0.1, 0.15) is 69.2 Å². The number of alkyl carbamates (subject to hydrolysis) is 1. The molecule has 2 N–H and O–H groups in total. The van der Waals surface area contributed by atoms with Crippen LogP contribution < -0.4 is 15.4 Å². The highest BCUT2D eigenvalue weighted by molar-refractivity contribution is 6.03. The fourth-order valence-electron chi connectivity index (χ4n) is 5.53. The molecule has 0 spiro atoms. The number of imidazole rings is 1. The summed E-state index contributed by atoms with van der Waals surface area (Å²) in [6.07, 6.45) is 6.93. The summed E-state index contributed by atoms with van der Waals surface area (Å²) in [6.45, 7) is 13.8. The lowest BCUT2D eigenvalue weighted by molar-refractivity contribution is 0.0470. The summed E-state index contributed by atoms with van der Waals surface area (Å²) in [5.74, 6) is 0.500. The number of amides is 2. The fourth-order valence-corrected chi connectivity index (χ4v) is 5.53. The molecule has 242 valence electrons. The molecule has 0 aliphatic carbocycles. The van der Waals surface area contributed by atoms with Gasteiger partial charge >= 0.3 is 6.09 Å². The van der Waals surface area contributed by atoms with Crippen molar-refractivity contribution in [3.8, 4) is 22.6 Å². The summed E-state index contributed by atoms with van der Waals surface area (Å²) in [6, 6.07) is 17.5. The number of carbonyl (C=O) groups is 2. The van der Waals surface area contributed by atoms with E-state index in [9.17, 15) is 9.59 Å². The number of ether oxygens (including phenoxy) is 2. The molecular weight excluding hydrogens is 580 g/mol. The second-order valence-corrected chi connectivity index (χ2v) is 13.1. The summed E-state index contributed by atoms with van der Waals surface area (Å²) in [5.41, 5.74) is 5.10. The van der Waals surface area contributed by atoms with Crippen LogP contribution in [0.4, 0.5) is 10.5 Å². The van der Waals surface area contributed by atoms with Crippen LogP contribution in [-0.4, -0.2) is 62.3 Å². The van der Waals surface area contributed by atoms with E-state index in [1.165, 1.54) is 0 Å². The summed E-state index contributed by atoms with van der Waals surface area (Å²) < 4.78 is 13.2. The Hall–Kier alpha value is -4.70. The van der Waals surface area contributed by atoms with Crippen LogP contribution in [0, 0.1) is 6.92 Å². The number of piperidine rings is 1. The topological polar surface area (TPSA) is 111 Å². The van der Waals surface area contributed by atoms with Gasteiger partial charge in [-0.1, -0.05) is 12.1 Å². The van der Waals surface area contributed by atoms with Crippen LogP contribution in [0.25, 0.3) is 16.8 Å². The second-order valence-electron chi connectivity index (χ2n) is 13.1. The molecule has 0 unspecified atom stereocenters. The SMILES string of the molecule is Cc1cn(-c2cc(CN3CCC[C@H](NC(=O)OC(C)(C)C)C3)cc(NC(=O)c3cc(-c4ccc(OC(C)C)cc4)ccn3)c2)cn1. The van der Waals surface area contributed by atoms with E-state index in [1.807, 2.05) is 94.8 Å². The van der Waals surface area contributed by atoms with Crippen LogP contribution in [0.2, 0.25) is 0 Å². The Bertz CT molecular complexity index is 1660. The first-order valence-electron chi connectivity index (χ1n) is 15.8. The predicted molar refractivity (Wildman–Crippen MR) is 179 cm³/mol. The number of anilines is 1. The molecule has 5 rings (SSSR count). The Labute approximate surface area is 271 Å². The normalized spacial score (nSPS) is 15.4. The van der Waals surface area contributed by atoms with E-state index in [0.717, 1.165) is 53.2 Å². The highest BCUT2D eigenvalue weighted by atomic mass is 16.6. The number of hydrogen-bond donors (Lipinski definition) is 2. The number of aromatic nitrogens is 3. The van der Waals surface area contributed by atoms with E-state index >= 15 is 0 Å². The number of carbonyl (C=O) groups excluding carboxylic acids is 2. The summed E-state index contributed by atoms with van der Waals surface area (Å²) in [4.78, 5) is 37.0. The van der Waals surface area contributed by atoms with Crippen molar-refractivity contribution in [1.82, 2.24) is 24.8 Å². The Kier molecular flexibility index (Phi) is 10.1. The lowest BCUT2D eigenvalue weighted by atomic mass is 10.0. The standard InChI is InChI=1S/C36H44N6O4/c1-24(2)45-32-11-9-27(10-12-32)28-13-14-37-33(18-28)34(43)39-30-16-26(17-31(19-30)42-20-25(3)38-23-42)21-41-15-7-8-29(22-41)40-35(44)46-36(4,5)6/h9-14,16-20,23-24,29H,7-8,15,21-22H2,1-6H3,(H,39,43)(H,40,44)/t29-/m0/s1. The zero-order valence-electron chi connectivity index (χ0n) is 27.5. The second kappa shape index (κ2) is 14.2. The number of aryl methyl sites for hydroxylation is 1. The molecule has 0 saturated carbocycles. The number of benzene rings is 2. The number of rotatable bonds is 9. The van der Waals surface area contributed by atoms with E-state index in [1.54, 1.807) is 18.6 Å². The van der Waals surface area contributed by atoms with E-state index in [2.05, 4.69) is 31.6 Å². The minimum Gasteiger partial charge on any atom is -0.491 e. The maximum absolute atomic E-state index is 13.5. The maximum atomic E-state index is 13.5.